The molecule has 1 spiro atoms. The highest BCUT2D eigenvalue weighted by Crippen LogP contribution is 2.46. The minimum atomic E-state index is -0.933. The monoisotopic (exact) mass is 247 g/mol. The number of carbonyl (C=O) groups excluding carboxylic acids is 1. The van der Waals surface area contributed by atoms with Gasteiger partial charge < -0.3 is 20.5 Å². The maximum absolute atomic E-state index is 11.2. The Morgan fingerprint density at radius 2 is 2.17 bits per heavy atom. The lowest BCUT2D eigenvalue weighted by atomic mass is 10.0. The van der Waals surface area contributed by atoms with Gasteiger partial charge in [-0.15, -0.1) is 0 Å². The lowest BCUT2D eigenvalue weighted by Crippen LogP contribution is -2.26. The number of nitrogens with one attached hydrogen (secondary N) is 1. The summed E-state index contributed by atoms with van der Waals surface area (Å²) < 4.78 is 11.2. The maximum atomic E-state index is 11.2. The Bertz CT molecular complexity index is 548. The van der Waals surface area contributed by atoms with Gasteiger partial charge in [0.15, 0.2) is 0 Å². The molecule has 2 heterocycles. The highest BCUT2D eigenvalue weighted by atomic mass is 16.7. The minimum absolute atomic E-state index is 0.174. The number of amides is 1. The predicted molar refractivity (Wildman–Crippen MR) is 66.9 cm³/mol. The average molecular weight is 247 g/mol. The Hall–Kier alpha value is -1.92. The van der Waals surface area contributed by atoms with Crippen molar-refractivity contribution in [3.05, 3.63) is 17.7 Å². The number of nitrogens with zero attached hydrogens (tertiary/aromatic N) is 1. The molecule has 6 nitrogen and oxygen atoms in total. The van der Waals surface area contributed by atoms with E-state index < -0.39 is 5.79 Å². The average Bonchev–Trinajstić information content (AvgIpc) is 2.88. The zero-order valence-corrected chi connectivity index (χ0v) is 9.90. The van der Waals surface area contributed by atoms with E-state index in [-0.39, 0.29) is 5.91 Å². The SMILES string of the molecule is CC(=O)Nc1cc(N)cc2c1N=CC21OCCO1. The summed E-state index contributed by atoms with van der Waals surface area (Å²) in [4.78, 5) is 15.5. The standard InChI is InChI=1S/C12H13N3O3/c1-7(16)15-10-5-8(13)4-9-11(10)14-6-12(9)17-2-3-18-12/h4-6H,2-3,13H2,1H3,(H,15,16). The van der Waals surface area contributed by atoms with E-state index in [4.69, 9.17) is 15.2 Å². The number of hydrogen-bond acceptors (Lipinski definition) is 5. The number of carbonyl (C=O) groups is 1. The second-order valence-electron chi connectivity index (χ2n) is 4.27. The summed E-state index contributed by atoms with van der Waals surface area (Å²) in [5, 5.41) is 2.71. The van der Waals surface area contributed by atoms with Crippen LogP contribution in [0.5, 0.6) is 0 Å². The molecule has 1 fully saturated rings. The van der Waals surface area contributed by atoms with Crippen LogP contribution < -0.4 is 11.1 Å². The number of aliphatic imine (C=N–C) groups is 1. The first-order valence-corrected chi connectivity index (χ1v) is 5.65. The fourth-order valence-corrected chi connectivity index (χ4v) is 2.22. The van der Waals surface area contributed by atoms with Gasteiger partial charge in [0.05, 0.1) is 30.8 Å². The summed E-state index contributed by atoms with van der Waals surface area (Å²) in [7, 11) is 0. The zero-order chi connectivity index (χ0) is 12.8. The zero-order valence-electron chi connectivity index (χ0n) is 9.90. The molecule has 0 saturated carbocycles. The van der Waals surface area contributed by atoms with Crippen LogP contribution in [0.25, 0.3) is 0 Å². The molecule has 0 unspecified atom stereocenters. The Kier molecular flexibility index (Phi) is 2.36. The third-order valence-electron chi connectivity index (χ3n) is 2.90. The number of ether oxygens (including phenoxy) is 2. The summed E-state index contributed by atoms with van der Waals surface area (Å²) in [6.07, 6.45) is 1.61. The number of hydrogen-bond donors (Lipinski definition) is 2. The van der Waals surface area contributed by atoms with E-state index in [9.17, 15) is 4.79 Å². The first-order chi connectivity index (χ1) is 8.61. The number of benzene rings is 1. The molecule has 3 N–H and O–H groups in total. The quantitative estimate of drug-likeness (QED) is 0.729. The lowest BCUT2D eigenvalue weighted by Gasteiger charge is -2.20. The van der Waals surface area contributed by atoms with E-state index in [1.807, 2.05) is 0 Å². The molecule has 1 saturated heterocycles. The maximum Gasteiger partial charge on any atom is 0.235 e. The Morgan fingerprint density at radius 3 is 2.83 bits per heavy atom. The fraction of sp³-hybridized carbons (Fsp3) is 0.333. The Labute approximate surface area is 104 Å². The molecule has 3 rings (SSSR count). The normalized spacial score (nSPS) is 19.2. The molecule has 18 heavy (non-hydrogen) atoms. The molecule has 6 heteroatoms. The summed E-state index contributed by atoms with van der Waals surface area (Å²) in [5.41, 5.74) is 8.32. The molecule has 1 amide bonds. The number of nitrogen functional groups attached to an aromatic ring is 1. The molecular weight excluding hydrogens is 234 g/mol. The van der Waals surface area contributed by atoms with E-state index >= 15 is 0 Å². The van der Waals surface area contributed by atoms with Crippen LogP contribution in [0, 0.1) is 0 Å². The fourth-order valence-electron chi connectivity index (χ4n) is 2.22. The number of nitrogens with two attached hydrogens (primary N) is 1. The number of anilines is 2. The molecule has 0 aliphatic carbocycles. The summed E-state index contributed by atoms with van der Waals surface area (Å²) in [5.74, 6) is -1.11. The molecule has 1 aromatic carbocycles. The van der Waals surface area contributed by atoms with Gasteiger partial charge in [0.2, 0.25) is 11.7 Å². The van der Waals surface area contributed by atoms with Crippen molar-refractivity contribution >= 4 is 29.2 Å². The second kappa shape index (κ2) is 3.79. The van der Waals surface area contributed by atoms with Gasteiger partial charge in [0.25, 0.3) is 0 Å². The van der Waals surface area contributed by atoms with Crippen LogP contribution in [0.15, 0.2) is 17.1 Å². The van der Waals surface area contributed by atoms with E-state index in [2.05, 4.69) is 10.3 Å². The van der Waals surface area contributed by atoms with Crippen molar-refractivity contribution in [1.82, 2.24) is 0 Å². The van der Waals surface area contributed by atoms with E-state index in [0.717, 1.165) is 5.56 Å². The minimum Gasteiger partial charge on any atom is -0.399 e. The van der Waals surface area contributed by atoms with Crippen molar-refractivity contribution in [2.75, 3.05) is 24.3 Å². The van der Waals surface area contributed by atoms with Crippen LogP contribution >= 0.6 is 0 Å². The molecule has 2 aliphatic rings. The van der Waals surface area contributed by atoms with Gasteiger partial charge in [-0.1, -0.05) is 0 Å². The van der Waals surface area contributed by atoms with Crippen LogP contribution in [0.4, 0.5) is 17.1 Å². The lowest BCUT2D eigenvalue weighted by molar-refractivity contribution is -0.114. The van der Waals surface area contributed by atoms with Crippen LogP contribution in [-0.2, 0) is 20.1 Å². The van der Waals surface area contributed by atoms with Crippen molar-refractivity contribution in [3.8, 4) is 0 Å². The van der Waals surface area contributed by atoms with Crippen molar-refractivity contribution in [2.45, 2.75) is 12.7 Å². The van der Waals surface area contributed by atoms with Gasteiger partial charge in [-0.25, -0.2) is 0 Å². The largest absolute Gasteiger partial charge is 0.399 e. The van der Waals surface area contributed by atoms with Gasteiger partial charge in [0, 0.05) is 18.2 Å². The van der Waals surface area contributed by atoms with Crippen LogP contribution in [0.2, 0.25) is 0 Å². The third kappa shape index (κ3) is 1.58. The second-order valence-corrected chi connectivity index (χ2v) is 4.27. The van der Waals surface area contributed by atoms with Gasteiger partial charge in [-0.2, -0.15) is 0 Å². The topological polar surface area (TPSA) is 85.9 Å². The van der Waals surface area contributed by atoms with E-state index in [1.54, 1.807) is 18.3 Å². The van der Waals surface area contributed by atoms with Crippen LogP contribution in [0.3, 0.4) is 0 Å². The Balaban J connectivity index is 2.11. The molecule has 0 radical (unpaired) electrons. The molecule has 1 aromatic rings. The first-order valence-electron chi connectivity index (χ1n) is 5.65. The van der Waals surface area contributed by atoms with Crippen molar-refractivity contribution in [1.29, 1.82) is 0 Å². The van der Waals surface area contributed by atoms with Crippen LogP contribution in [0.1, 0.15) is 12.5 Å². The first kappa shape index (κ1) is 11.2. The molecule has 0 aromatic heterocycles. The summed E-state index contributed by atoms with van der Waals surface area (Å²) in [6, 6.07) is 3.44. The van der Waals surface area contributed by atoms with Gasteiger partial charge in [-0.3, -0.25) is 9.79 Å². The molecular formula is C12H13N3O3. The number of fused-ring (bicyclic) bond motifs is 2. The van der Waals surface area contributed by atoms with E-state index in [0.29, 0.717) is 30.3 Å². The third-order valence-corrected chi connectivity index (χ3v) is 2.90. The molecule has 0 atom stereocenters. The summed E-state index contributed by atoms with van der Waals surface area (Å²) >= 11 is 0. The smallest absolute Gasteiger partial charge is 0.235 e. The molecule has 94 valence electrons. The van der Waals surface area contributed by atoms with Gasteiger partial charge in [0.1, 0.15) is 0 Å². The van der Waals surface area contributed by atoms with Crippen molar-refractivity contribution < 1.29 is 14.3 Å². The van der Waals surface area contributed by atoms with Crippen molar-refractivity contribution in [2.24, 2.45) is 4.99 Å². The predicted octanol–water partition coefficient (Wildman–Crippen LogP) is 1.14. The highest BCUT2D eigenvalue weighted by Gasteiger charge is 2.43. The summed E-state index contributed by atoms with van der Waals surface area (Å²) in [6.45, 7) is 2.46. The van der Waals surface area contributed by atoms with Crippen LogP contribution in [-0.4, -0.2) is 25.3 Å². The van der Waals surface area contributed by atoms with E-state index in [1.165, 1.54) is 6.92 Å². The Morgan fingerprint density at radius 1 is 1.44 bits per heavy atom. The molecule has 2 aliphatic heterocycles. The van der Waals surface area contributed by atoms with Crippen molar-refractivity contribution in [3.63, 3.8) is 0 Å². The van der Waals surface area contributed by atoms with Gasteiger partial charge in [-0.05, 0) is 12.1 Å². The highest BCUT2D eigenvalue weighted by molar-refractivity contribution is 5.97. The molecule has 0 bridgehead atoms. The number of rotatable bonds is 1. The van der Waals surface area contributed by atoms with Gasteiger partial charge >= 0.3 is 0 Å².